The highest BCUT2D eigenvalue weighted by Crippen LogP contribution is 2.29. The van der Waals surface area contributed by atoms with Gasteiger partial charge in [-0.2, -0.15) is 5.06 Å². The van der Waals surface area contributed by atoms with Crippen LogP contribution in [0.2, 0.25) is 0 Å². The van der Waals surface area contributed by atoms with Crippen LogP contribution in [0, 0.1) is 0 Å². The summed E-state index contributed by atoms with van der Waals surface area (Å²) >= 11 is 0. The van der Waals surface area contributed by atoms with Gasteiger partial charge in [0, 0.05) is 7.05 Å². The molecule has 1 aromatic carbocycles. The molecule has 1 unspecified atom stereocenters. The second-order valence-corrected chi connectivity index (χ2v) is 3.46. The molecule has 1 fully saturated rings. The molecule has 1 atom stereocenters. The Labute approximate surface area is 84.2 Å². The predicted octanol–water partition coefficient (Wildman–Crippen LogP) is 2.00. The lowest BCUT2D eigenvalue weighted by Crippen LogP contribution is -2.15. The summed E-state index contributed by atoms with van der Waals surface area (Å²) in [4.78, 5) is 5.38. The Morgan fingerprint density at radius 2 is 2.07 bits per heavy atom. The zero-order valence-corrected chi connectivity index (χ0v) is 8.56. The highest BCUT2D eigenvalue weighted by molar-refractivity contribution is 5.29. The maximum Gasteiger partial charge on any atom is 0.118 e. The highest BCUT2D eigenvalue weighted by Gasteiger charge is 2.23. The molecule has 3 heteroatoms. The van der Waals surface area contributed by atoms with Gasteiger partial charge in [0.15, 0.2) is 0 Å². The molecule has 0 amide bonds. The summed E-state index contributed by atoms with van der Waals surface area (Å²) in [7, 11) is 3.65. The molecule has 14 heavy (non-hydrogen) atoms. The number of methoxy groups -OCH3 is 1. The zero-order valence-electron chi connectivity index (χ0n) is 8.56. The summed E-state index contributed by atoms with van der Waals surface area (Å²) in [6.45, 7) is 0.813. The summed E-state index contributed by atoms with van der Waals surface area (Å²) in [5, 5.41) is 1.92. The minimum Gasteiger partial charge on any atom is -0.497 e. The van der Waals surface area contributed by atoms with Gasteiger partial charge in [-0.25, -0.2) is 0 Å². The molecule has 1 aromatic rings. The second kappa shape index (κ2) is 3.98. The van der Waals surface area contributed by atoms with Crippen LogP contribution in [0.3, 0.4) is 0 Å². The van der Waals surface area contributed by atoms with Crippen molar-refractivity contribution in [3.05, 3.63) is 29.8 Å². The van der Waals surface area contributed by atoms with Crippen LogP contribution in [0.1, 0.15) is 18.0 Å². The van der Waals surface area contributed by atoms with Crippen LogP contribution in [0.15, 0.2) is 24.3 Å². The van der Waals surface area contributed by atoms with Crippen molar-refractivity contribution < 1.29 is 9.57 Å². The van der Waals surface area contributed by atoms with Gasteiger partial charge in [0.2, 0.25) is 0 Å². The zero-order chi connectivity index (χ0) is 9.97. The van der Waals surface area contributed by atoms with Crippen molar-refractivity contribution in [2.75, 3.05) is 20.8 Å². The summed E-state index contributed by atoms with van der Waals surface area (Å²) in [5.74, 6) is 0.898. The average molecular weight is 193 g/mol. The first kappa shape index (κ1) is 9.49. The first-order valence-electron chi connectivity index (χ1n) is 4.81. The van der Waals surface area contributed by atoms with E-state index in [1.165, 1.54) is 5.56 Å². The molecule has 1 saturated heterocycles. The minimum absolute atomic E-state index is 0.390. The smallest absolute Gasteiger partial charge is 0.118 e. The van der Waals surface area contributed by atoms with Crippen molar-refractivity contribution in [2.24, 2.45) is 0 Å². The van der Waals surface area contributed by atoms with Crippen LogP contribution in [-0.2, 0) is 4.84 Å². The van der Waals surface area contributed by atoms with Gasteiger partial charge in [-0.1, -0.05) is 12.1 Å². The van der Waals surface area contributed by atoms with Crippen molar-refractivity contribution in [2.45, 2.75) is 12.5 Å². The number of benzene rings is 1. The van der Waals surface area contributed by atoms with Gasteiger partial charge >= 0.3 is 0 Å². The Balaban J connectivity index is 2.16. The molecule has 2 rings (SSSR count). The quantitative estimate of drug-likeness (QED) is 0.717. The van der Waals surface area contributed by atoms with E-state index in [0.717, 1.165) is 18.8 Å². The van der Waals surface area contributed by atoms with Gasteiger partial charge < -0.3 is 4.74 Å². The van der Waals surface area contributed by atoms with Crippen LogP contribution in [0.25, 0.3) is 0 Å². The topological polar surface area (TPSA) is 21.7 Å². The third-order valence-electron chi connectivity index (χ3n) is 2.63. The molecule has 1 aliphatic heterocycles. The number of hydrogen-bond donors (Lipinski definition) is 0. The molecule has 3 nitrogen and oxygen atoms in total. The third-order valence-corrected chi connectivity index (χ3v) is 2.63. The number of rotatable bonds is 2. The molecular weight excluding hydrogens is 178 g/mol. The first-order valence-corrected chi connectivity index (χ1v) is 4.81. The van der Waals surface area contributed by atoms with E-state index >= 15 is 0 Å². The number of hydroxylamine groups is 2. The Kier molecular flexibility index (Phi) is 2.70. The fourth-order valence-electron chi connectivity index (χ4n) is 1.78. The molecule has 0 radical (unpaired) electrons. The van der Waals surface area contributed by atoms with Crippen LogP contribution >= 0.6 is 0 Å². The largest absolute Gasteiger partial charge is 0.497 e. The lowest BCUT2D eigenvalue weighted by atomic mass is 10.1. The van der Waals surface area contributed by atoms with Crippen molar-refractivity contribution in [3.8, 4) is 5.75 Å². The Bertz CT molecular complexity index is 297. The SMILES string of the molecule is COc1ccc(C2CCON2C)cc1. The van der Waals surface area contributed by atoms with E-state index < -0.39 is 0 Å². The first-order chi connectivity index (χ1) is 6.81. The molecule has 1 aliphatic rings. The third kappa shape index (κ3) is 1.74. The lowest BCUT2D eigenvalue weighted by Gasteiger charge is -2.17. The van der Waals surface area contributed by atoms with E-state index in [2.05, 4.69) is 12.1 Å². The van der Waals surface area contributed by atoms with Gasteiger partial charge in [-0.15, -0.1) is 0 Å². The number of ether oxygens (including phenoxy) is 1. The van der Waals surface area contributed by atoms with E-state index in [-0.39, 0.29) is 0 Å². The van der Waals surface area contributed by atoms with Gasteiger partial charge in [0.25, 0.3) is 0 Å². The highest BCUT2D eigenvalue weighted by atomic mass is 16.7. The van der Waals surface area contributed by atoms with Crippen molar-refractivity contribution in [3.63, 3.8) is 0 Å². The normalized spacial score (nSPS) is 22.6. The van der Waals surface area contributed by atoms with Gasteiger partial charge in [-0.05, 0) is 24.1 Å². The monoisotopic (exact) mass is 193 g/mol. The molecular formula is C11H15NO2. The Morgan fingerprint density at radius 1 is 1.36 bits per heavy atom. The minimum atomic E-state index is 0.390. The average Bonchev–Trinajstić information content (AvgIpc) is 2.65. The molecule has 76 valence electrons. The summed E-state index contributed by atoms with van der Waals surface area (Å²) in [6, 6.07) is 8.55. The van der Waals surface area contributed by atoms with Crippen LogP contribution in [0.5, 0.6) is 5.75 Å². The van der Waals surface area contributed by atoms with E-state index in [0.29, 0.717) is 6.04 Å². The molecule has 0 N–H and O–H groups in total. The fourth-order valence-corrected chi connectivity index (χ4v) is 1.78. The number of hydrogen-bond acceptors (Lipinski definition) is 3. The summed E-state index contributed by atoms with van der Waals surface area (Å²) < 4.78 is 5.11. The summed E-state index contributed by atoms with van der Waals surface area (Å²) in [6.07, 6.45) is 1.06. The molecule has 1 heterocycles. The number of nitrogens with zero attached hydrogens (tertiary/aromatic N) is 1. The second-order valence-electron chi connectivity index (χ2n) is 3.46. The van der Waals surface area contributed by atoms with Gasteiger partial charge in [-0.3, -0.25) is 4.84 Å². The predicted molar refractivity (Wildman–Crippen MR) is 54.1 cm³/mol. The molecule has 0 aliphatic carbocycles. The lowest BCUT2D eigenvalue weighted by molar-refractivity contribution is -0.110. The molecule has 0 saturated carbocycles. The Morgan fingerprint density at radius 3 is 2.57 bits per heavy atom. The van der Waals surface area contributed by atoms with E-state index in [9.17, 15) is 0 Å². The maximum absolute atomic E-state index is 5.38. The van der Waals surface area contributed by atoms with Crippen molar-refractivity contribution in [1.29, 1.82) is 0 Å². The van der Waals surface area contributed by atoms with Crippen molar-refractivity contribution in [1.82, 2.24) is 5.06 Å². The Hall–Kier alpha value is -1.06. The van der Waals surface area contributed by atoms with Gasteiger partial charge in [0.1, 0.15) is 5.75 Å². The maximum atomic E-state index is 5.38. The summed E-state index contributed by atoms with van der Waals surface area (Å²) in [5.41, 5.74) is 1.28. The van der Waals surface area contributed by atoms with E-state index in [1.807, 2.05) is 24.2 Å². The van der Waals surface area contributed by atoms with Crippen LogP contribution < -0.4 is 4.74 Å². The van der Waals surface area contributed by atoms with E-state index in [1.54, 1.807) is 7.11 Å². The van der Waals surface area contributed by atoms with Crippen LogP contribution in [0.4, 0.5) is 0 Å². The van der Waals surface area contributed by atoms with Crippen LogP contribution in [-0.4, -0.2) is 25.8 Å². The standard InChI is InChI=1S/C11H15NO2/c1-12-11(7-8-14-12)9-3-5-10(13-2)6-4-9/h3-6,11H,7-8H2,1-2H3. The van der Waals surface area contributed by atoms with Crippen molar-refractivity contribution >= 4 is 0 Å². The van der Waals surface area contributed by atoms with Gasteiger partial charge in [0.05, 0.1) is 19.8 Å². The molecule has 0 spiro atoms. The molecule has 0 bridgehead atoms. The molecule has 0 aromatic heterocycles. The fraction of sp³-hybridized carbons (Fsp3) is 0.455. The van der Waals surface area contributed by atoms with E-state index in [4.69, 9.17) is 9.57 Å².